The van der Waals surface area contributed by atoms with Gasteiger partial charge in [0.1, 0.15) is 0 Å². The highest BCUT2D eigenvalue weighted by Crippen LogP contribution is 2.49. The molecule has 0 saturated heterocycles. The van der Waals surface area contributed by atoms with Crippen LogP contribution in [-0.2, 0) is 0 Å². The molecule has 3 atom stereocenters. The smallest absolute Gasteiger partial charge is 0.0861 e. The lowest BCUT2D eigenvalue weighted by Crippen LogP contribution is -2.35. The molecule has 2 nitrogen and oxygen atoms in total. The molecule has 1 saturated carbocycles. The SMILES string of the molecule is Cc1cccc(C(O)C2(CN)CCC(C)C2)c1C. The van der Waals surface area contributed by atoms with Crippen LogP contribution in [0.5, 0.6) is 0 Å². The maximum Gasteiger partial charge on any atom is 0.0861 e. The zero-order valence-corrected chi connectivity index (χ0v) is 11.7. The highest BCUT2D eigenvalue weighted by atomic mass is 16.3. The Bertz CT molecular complexity index is 429. The summed E-state index contributed by atoms with van der Waals surface area (Å²) in [5.41, 5.74) is 9.40. The van der Waals surface area contributed by atoms with Gasteiger partial charge in [0, 0.05) is 12.0 Å². The van der Waals surface area contributed by atoms with Gasteiger partial charge in [0.25, 0.3) is 0 Å². The molecule has 0 radical (unpaired) electrons. The summed E-state index contributed by atoms with van der Waals surface area (Å²) in [5.74, 6) is 0.674. The average molecular weight is 247 g/mol. The molecule has 1 fully saturated rings. The molecular formula is C16H25NO. The molecule has 2 rings (SSSR count). The van der Waals surface area contributed by atoms with E-state index in [4.69, 9.17) is 5.73 Å². The first-order chi connectivity index (χ1) is 8.50. The van der Waals surface area contributed by atoms with Gasteiger partial charge in [-0.15, -0.1) is 0 Å². The van der Waals surface area contributed by atoms with E-state index >= 15 is 0 Å². The number of rotatable bonds is 3. The van der Waals surface area contributed by atoms with Gasteiger partial charge in [-0.3, -0.25) is 0 Å². The molecule has 0 bridgehead atoms. The van der Waals surface area contributed by atoms with Gasteiger partial charge < -0.3 is 10.8 Å². The van der Waals surface area contributed by atoms with Crippen LogP contribution >= 0.6 is 0 Å². The molecule has 0 spiro atoms. The van der Waals surface area contributed by atoms with E-state index in [1.165, 1.54) is 17.5 Å². The van der Waals surface area contributed by atoms with Crippen molar-refractivity contribution in [3.63, 3.8) is 0 Å². The van der Waals surface area contributed by atoms with Gasteiger partial charge in [-0.2, -0.15) is 0 Å². The molecule has 0 aliphatic heterocycles. The van der Waals surface area contributed by atoms with E-state index in [2.05, 4.69) is 26.8 Å². The maximum absolute atomic E-state index is 10.8. The van der Waals surface area contributed by atoms with Crippen molar-refractivity contribution in [2.24, 2.45) is 17.1 Å². The highest BCUT2D eigenvalue weighted by molar-refractivity contribution is 5.35. The van der Waals surface area contributed by atoms with Crippen LogP contribution in [0.25, 0.3) is 0 Å². The number of hydrogen-bond acceptors (Lipinski definition) is 2. The lowest BCUT2D eigenvalue weighted by Gasteiger charge is -2.34. The van der Waals surface area contributed by atoms with Crippen LogP contribution in [-0.4, -0.2) is 11.7 Å². The Labute approximate surface area is 110 Å². The summed E-state index contributed by atoms with van der Waals surface area (Å²) < 4.78 is 0. The summed E-state index contributed by atoms with van der Waals surface area (Å²) in [7, 11) is 0. The van der Waals surface area contributed by atoms with Crippen LogP contribution in [0, 0.1) is 25.2 Å². The first kappa shape index (κ1) is 13.6. The number of aliphatic hydroxyl groups excluding tert-OH is 1. The number of hydrogen-bond donors (Lipinski definition) is 2. The monoisotopic (exact) mass is 247 g/mol. The zero-order chi connectivity index (χ0) is 13.3. The van der Waals surface area contributed by atoms with Crippen LogP contribution in [0.3, 0.4) is 0 Å². The second-order valence-electron chi connectivity index (χ2n) is 6.11. The summed E-state index contributed by atoms with van der Waals surface area (Å²) in [6.45, 7) is 7.02. The fourth-order valence-corrected chi connectivity index (χ4v) is 3.38. The van der Waals surface area contributed by atoms with Crippen molar-refractivity contribution in [1.82, 2.24) is 0 Å². The van der Waals surface area contributed by atoms with E-state index in [1.807, 2.05) is 12.1 Å². The molecule has 18 heavy (non-hydrogen) atoms. The van der Waals surface area contributed by atoms with Crippen LogP contribution in [0.4, 0.5) is 0 Å². The molecule has 0 heterocycles. The fourth-order valence-electron chi connectivity index (χ4n) is 3.38. The molecular weight excluding hydrogens is 222 g/mol. The van der Waals surface area contributed by atoms with Crippen LogP contribution in [0.15, 0.2) is 18.2 Å². The van der Waals surface area contributed by atoms with Crippen LogP contribution in [0.1, 0.15) is 49.0 Å². The fraction of sp³-hybridized carbons (Fsp3) is 0.625. The first-order valence-corrected chi connectivity index (χ1v) is 6.94. The van der Waals surface area contributed by atoms with Gasteiger partial charge in [0.2, 0.25) is 0 Å². The van der Waals surface area contributed by atoms with E-state index in [-0.39, 0.29) is 5.41 Å². The van der Waals surface area contributed by atoms with Gasteiger partial charge in [0.15, 0.2) is 0 Å². The van der Waals surface area contributed by atoms with E-state index in [1.54, 1.807) is 0 Å². The summed E-state index contributed by atoms with van der Waals surface area (Å²) in [5, 5.41) is 10.8. The molecule has 1 aliphatic rings. The topological polar surface area (TPSA) is 46.2 Å². The van der Waals surface area contributed by atoms with E-state index < -0.39 is 6.10 Å². The van der Waals surface area contributed by atoms with Crippen molar-refractivity contribution < 1.29 is 5.11 Å². The second kappa shape index (κ2) is 5.02. The molecule has 3 N–H and O–H groups in total. The Kier molecular flexibility index (Phi) is 3.79. The third-order valence-electron chi connectivity index (χ3n) is 4.82. The Morgan fingerprint density at radius 1 is 1.44 bits per heavy atom. The quantitative estimate of drug-likeness (QED) is 0.862. The van der Waals surface area contributed by atoms with Gasteiger partial charge in [-0.05, 0) is 49.3 Å². The molecule has 0 aromatic heterocycles. The third-order valence-corrected chi connectivity index (χ3v) is 4.82. The summed E-state index contributed by atoms with van der Waals surface area (Å²) in [4.78, 5) is 0. The lowest BCUT2D eigenvalue weighted by molar-refractivity contribution is 0.0303. The number of nitrogens with two attached hydrogens (primary N) is 1. The molecule has 1 aromatic carbocycles. The zero-order valence-electron chi connectivity index (χ0n) is 11.7. The molecule has 100 valence electrons. The van der Waals surface area contributed by atoms with Crippen molar-refractivity contribution in [2.75, 3.05) is 6.54 Å². The predicted octanol–water partition coefficient (Wildman–Crippen LogP) is 3.10. The Morgan fingerprint density at radius 3 is 2.72 bits per heavy atom. The van der Waals surface area contributed by atoms with Crippen molar-refractivity contribution in [3.8, 4) is 0 Å². The highest BCUT2D eigenvalue weighted by Gasteiger charge is 2.43. The van der Waals surface area contributed by atoms with E-state index in [0.717, 1.165) is 18.4 Å². The average Bonchev–Trinajstić information content (AvgIpc) is 2.75. The van der Waals surface area contributed by atoms with Crippen LogP contribution < -0.4 is 5.73 Å². The third kappa shape index (κ3) is 2.19. The van der Waals surface area contributed by atoms with Crippen molar-refractivity contribution >= 4 is 0 Å². The van der Waals surface area contributed by atoms with Gasteiger partial charge in [-0.1, -0.05) is 31.5 Å². The maximum atomic E-state index is 10.8. The molecule has 2 heteroatoms. The predicted molar refractivity (Wildman–Crippen MR) is 75.4 cm³/mol. The summed E-state index contributed by atoms with van der Waals surface area (Å²) in [6, 6.07) is 6.18. The van der Waals surface area contributed by atoms with Crippen molar-refractivity contribution in [3.05, 3.63) is 34.9 Å². The van der Waals surface area contributed by atoms with E-state index in [9.17, 15) is 5.11 Å². The molecule has 1 aromatic rings. The normalized spacial score (nSPS) is 29.5. The minimum absolute atomic E-state index is 0.113. The van der Waals surface area contributed by atoms with Crippen molar-refractivity contribution in [1.29, 1.82) is 0 Å². The van der Waals surface area contributed by atoms with E-state index in [0.29, 0.717) is 12.5 Å². The molecule has 3 unspecified atom stereocenters. The van der Waals surface area contributed by atoms with Gasteiger partial charge >= 0.3 is 0 Å². The molecule has 1 aliphatic carbocycles. The number of benzene rings is 1. The van der Waals surface area contributed by atoms with Gasteiger partial charge in [0.05, 0.1) is 6.10 Å². The van der Waals surface area contributed by atoms with Crippen molar-refractivity contribution in [2.45, 2.75) is 46.1 Å². The minimum Gasteiger partial charge on any atom is -0.388 e. The lowest BCUT2D eigenvalue weighted by atomic mass is 9.75. The van der Waals surface area contributed by atoms with Crippen LogP contribution in [0.2, 0.25) is 0 Å². The molecule has 0 amide bonds. The Balaban J connectivity index is 2.35. The number of aliphatic hydroxyl groups is 1. The van der Waals surface area contributed by atoms with Gasteiger partial charge in [-0.25, -0.2) is 0 Å². The summed E-state index contributed by atoms with van der Waals surface area (Å²) >= 11 is 0. The Hall–Kier alpha value is -0.860. The first-order valence-electron chi connectivity index (χ1n) is 6.94. The number of aryl methyl sites for hydroxylation is 1. The second-order valence-corrected chi connectivity index (χ2v) is 6.11. The largest absolute Gasteiger partial charge is 0.388 e. The summed E-state index contributed by atoms with van der Waals surface area (Å²) in [6.07, 6.45) is 2.84. The minimum atomic E-state index is -0.424. The standard InChI is InChI=1S/C16H25NO/c1-11-7-8-16(9-11,10-17)15(18)14-6-4-5-12(2)13(14)3/h4-6,11,15,18H,7-10,17H2,1-3H3. The Morgan fingerprint density at radius 2 is 2.17 bits per heavy atom.